The molecule has 0 amide bonds. The minimum Gasteiger partial charge on any atom is -0.508 e. The van der Waals surface area contributed by atoms with Crippen molar-refractivity contribution in [1.29, 1.82) is 0 Å². The van der Waals surface area contributed by atoms with Crippen LogP contribution in [0, 0.1) is 22.9 Å². The zero-order valence-electron chi connectivity index (χ0n) is 26.4. The largest absolute Gasteiger partial charge is 0.508 e. The fourth-order valence-electron chi connectivity index (χ4n) is 6.78. The third-order valence-corrected chi connectivity index (χ3v) is 9.50. The lowest BCUT2D eigenvalue weighted by molar-refractivity contribution is 0.0447. The van der Waals surface area contributed by atoms with Crippen molar-refractivity contribution in [2.75, 3.05) is 45.2 Å². The standard InChI is InChI=1S/C35H41F3N4O3/c1-5-23-26(36)8-7-21-17-22(43)18-24(28(21)23)29-27(37)19-25-31(30(29)38)39-33(40-32(25)42-14-6-9-34(2,44)20-42)45-16-13-35(10-11-35)12-15-41(3)4/h7-8,17-19,43-44H,5-6,9-16,20H2,1-4H3/t34-/m1/s1. The van der Waals surface area contributed by atoms with E-state index in [1.165, 1.54) is 30.3 Å². The van der Waals surface area contributed by atoms with Gasteiger partial charge in [-0.05, 0) is 124 Å². The van der Waals surface area contributed by atoms with Crippen molar-refractivity contribution in [3.05, 3.63) is 53.3 Å². The minimum absolute atomic E-state index is 0.0244. The molecule has 7 nitrogen and oxygen atoms in total. The van der Waals surface area contributed by atoms with Crippen molar-refractivity contribution < 1.29 is 28.1 Å². The highest BCUT2D eigenvalue weighted by molar-refractivity contribution is 6.03. The molecule has 1 aliphatic heterocycles. The maximum Gasteiger partial charge on any atom is 0.319 e. The van der Waals surface area contributed by atoms with E-state index < -0.39 is 28.6 Å². The number of phenols is 1. The van der Waals surface area contributed by atoms with Crippen molar-refractivity contribution in [3.63, 3.8) is 0 Å². The molecular weight excluding hydrogens is 581 g/mol. The van der Waals surface area contributed by atoms with Gasteiger partial charge in [0.15, 0.2) is 5.82 Å². The number of aliphatic hydroxyl groups is 1. The number of hydrogen-bond donors (Lipinski definition) is 2. The van der Waals surface area contributed by atoms with E-state index in [-0.39, 0.29) is 52.4 Å². The zero-order valence-corrected chi connectivity index (χ0v) is 26.4. The van der Waals surface area contributed by atoms with Crippen molar-refractivity contribution in [2.24, 2.45) is 5.41 Å². The number of nitrogens with zero attached hydrogens (tertiary/aromatic N) is 4. The first kappa shape index (κ1) is 31.4. The molecule has 2 N–H and O–H groups in total. The molecule has 0 unspecified atom stereocenters. The number of β-amino-alcohol motifs (C(OH)–C–C–N with tert-alkyl or cyclic N) is 1. The fraction of sp³-hybridized carbons (Fsp3) is 0.486. The van der Waals surface area contributed by atoms with Gasteiger partial charge in [0, 0.05) is 18.5 Å². The van der Waals surface area contributed by atoms with Gasteiger partial charge in [-0.25, -0.2) is 13.2 Å². The van der Waals surface area contributed by atoms with Crippen molar-refractivity contribution in [3.8, 4) is 22.9 Å². The van der Waals surface area contributed by atoms with Gasteiger partial charge in [-0.2, -0.15) is 9.97 Å². The molecule has 240 valence electrons. The van der Waals surface area contributed by atoms with Crippen LogP contribution >= 0.6 is 0 Å². The average Bonchev–Trinajstić information content (AvgIpc) is 3.75. The Morgan fingerprint density at radius 1 is 1.02 bits per heavy atom. The van der Waals surface area contributed by atoms with E-state index in [0.29, 0.717) is 42.3 Å². The molecule has 0 spiro atoms. The molecule has 45 heavy (non-hydrogen) atoms. The summed E-state index contributed by atoms with van der Waals surface area (Å²) < 4.78 is 53.9. The number of ether oxygens (including phenoxy) is 1. The number of phenolic OH excluding ortho intramolecular Hbond substituents is 1. The summed E-state index contributed by atoms with van der Waals surface area (Å²) in [5, 5.41) is 22.3. The Hall–Kier alpha value is -3.63. The van der Waals surface area contributed by atoms with Gasteiger partial charge in [-0.1, -0.05) is 13.0 Å². The zero-order chi connectivity index (χ0) is 32.1. The number of aromatic hydroxyl groups is 1. The molecule has 1 atom stereocenters. The Balaban J connectivity index is 1.47. The first-order valence-electron chi connectivity index (χ1n) is 15.8. The molecule has 10 heteroatoms. The molecule has 1 aliphatic carbocycles. The number of piperidine rings is 1. The van der Waals surface area contributed by atoms with Crippen molar-refractivity contribution in [1.82, 2.24) is 14.9 Å². The highest BCUT2D eigenvalue weighted by Gasteiger charge is 2.41. The van der Waals surface area contributed by atoms with E-state index in [0.717, 1.165) is 32.2 Å². The smallest absolute Gasteiger partial charge is 0.319 e. The van der Waals surface area contributed by atoms with Crippen LogP contribution in [0.15, 0.2) is 30.3 Å². The lowest BCUT2D eigenvalue weighted by atomic mass is 9.91. The summed E-state index contributed by atoms with van der Waals surface area (Å²) in [6.45, 7) is 5.61. The minimum atomic E-state index is -1.00. The number of anilines is 1. The van der Waals surface area contributed by atoms with Crippen molar-refractivity contribution >= 4 is 27.5 Å². The molecule has 0 radical (unpaired) electrons. The SMILES string of the molecule is CCc1c(F)ccc2cc(O)cc(-c3c(F)cc4c(N5CCC[C@@](C)(O)C5)nc(OCCC5(CCN(C)C)CC5)nc4c3F)c12. The molecule has 2 aliphatic rings. The third kappa shape index (κ3) is 6.27. The first-order chi connectivity index (χ1) is 21.4. The number of fused-ring (bicyclic) bond motifs is 2. The third-order valence-electron chi connectivity index (χ3n) is 9.50. The summed E-state index contributed by atoms with van der Waals surface area (Å²) in [6.07, 6.45) is 5.69. The molecular formula is C35H41F3N4O3. The molecule has 6 rings (SSSR count). The van der Waals surface area contributed by atoms with Gasteiger partial charge in [-0.3, -0.25) is 0 Å². The van der Waals surface area contributed by atoms with Crippen LogP contribution in [0.2, 0.25) is 0 Å². The van der Waals surface area contributed by atoms with Gasteiger partial charge in [-0.15, -0.1) is 0 Å². The Morgan fingerprint density at radius 3 is 2.49 bits per heavy atom. The molecule has 1 saturated heterocycles. The van der Waals surface area contributed by atoms with Crippen LogP contribution in [0.5, 0.6) is 11.8 Å². The summed E-state index contributed by atoms with van der Waals surface area (Å²) in [5.41, 5.74) is -0.994. The molecule has 4 aromatic rings. The summed E-state index contributed by atoms with van der Waals surface area (Å²) in [6, 6.07) is 6.66. The lowest BCUT2D eigenvalue weighted by Gasteiger charge is -2.38. The molecule has 0 bridgehead atoms. The van der Waals surface area contributed by atoms with E-state index in [1.807, 2.05) is 4.90 Å². The van der Waals surface area contributed by atoms with E-state index >= 15 is 8.78 Å². The Morgan fingerprint density at radius 2 is 1.80 bits per heavy atom. The Bertz CT molecular complexity index is 1760. The number of halogens is 3. The monoisotopic (exact) mass is 622 g/mol. The highest BCUT2D eigenvalue weighted by Crippen LogP contribution is 2.52. The Kier molecular flexibility index (Phi) is 8.33. The molecule has 2 fully saturated rings. The molecule has 3 aromatic carbocycles. The van der Waals surface area contributed by atoms with E-state index in [9.17, 15) is 14.6 Å². The van der Waals surface area contributed by atoms with E-state index in [2.05, 4.69) is 29.0 Å². The van der Waals surface area contributed by atoms with E-state index in [4.69, 9.17) is 4.74 Å². The van der Waals surface area contributed by atoms with Gasteiger partial charge < -0.3 is 24.7 Å². The van der Waals surface area contributed by atoms with Crippen LogP contribution in [-0.4, -0.2) is 71.0 Å². The second kappa shape index (κ2) is 11.9. The molecule has 1 saturated carbocycles. The normalized spacial score (nSPS) is 19.5. The van der Waals surface area contributed by atoms with Gasteiger partial charge in [0.1, 0.15) is 28.7 Å². The van der Waals surface area contributed by atoms with Crippen LogP contribution < -0.4 is 9.64 Å². The second-order valence-corrected chi connectivity index (χ2v) is 13.4. The van der Waals surface area contributed by atoms with Gasteiger partial charge in [0.2, 0.25) is 0 Å². The second-order valence-electron chi connectivity index (χ2n) is 13.4. The summed E-state index contributed by atoms with van der Waals surface area (Å²) in [5.74, 6) is -2.25. The van der Waals surface area contributed by atoms with Crippen molar-refractivity contribution in [2.45, 2.75) is 64.4 Å². The number of benzene rings is 3. The van der Waals surface area contributed by atoms with Crippen LogP contribution in [-0.2, 0) is 6.42 Å². The van der Waals surface area contributed by atoms with Crippen LogP contribution in [0.25, 0.3) is 32.8 Å². The highest BCUT2D eigenvalue weighted by atomic mass is 19.1. The van der Waals surface area contributed by atoms with Gasteiger partial charge >= 0.3 is 6.01 Å². The number of hydrogen-bond acceptors (Lipinski definition) is 7. The predicted octanol–water partition coefficient (Wildman–Crippen LogP) is 6.99. The lowest BCUT2D eigenvalue weighted by Crippen LogP contribution is -2.46. The maximum absolute atomic E-state index is 16.8. The number of aryl methyl sites for hydroxylation is 1. The molecule has 1 aromatic heterocycles. The average molecular weight is 623 g/mol. The quantitative estimate of drug-likeness (QED) is 0.197. The molecule has 2 heterocycles. The fourth-order valence-corrected chi connectivity index (χ4v) is 6.78. The number of rotatable bonds is 10. The summed E-state index contributed by atoms with van der Waals surface area (Å²) in [7, 11) is 4.11. The summed E-state index contributed by atoms with van der Waals surface area (Å²) in [4.78, 5) is 13.1. The van der Waals surface area contributed by atoms with Gasteiger partial charge in [0.25, 0.3) is 0 Å². The maximum atomic E-state index is 16.8. The Labute approximate surface area is 261 Å². The predicted molar refractivity (Wildman–Crippen MR) is 170 cm³/mol. The van der Waals surface area contributed by atoms with Gasteiger partial charge in [0.05, 0.1) is 17.8 Å². The summed E-state index contributed by atoms with van der Waals surface area (Å²) >= 11 is 0. The number of aromatic nitrogens is 2. The van der Waals surface area contributed by atoms with E-state index in [1.54, 1.807) is 13.8 Å². The van der Waals surface area contributed by atoms with Crippen LogP contribution in [0.4, 0.5) is 19.0 Å². The topological polar surface area (TPSA) is 82.0 Å². The van der Waals surface area contributed by atoms with Crippen LogP contribution in [0.1, 0.15) is 57.9 Å². The first-order valence-corrected chi connectivity index (χ1v) is 15.8. The van der Waals surface area contributed by atoms with Crippen LogP contribution in [0.3, 0.4) is 0 Å².